The van der Waals surface area contributed by atoms with Crippen LogP contribution in [0, 0.1) is 0 Å². The van der Waals surface area contributed by atoms with Gasteiger partial charge in [-0.2, -0.15) is 0 Å². The molecule has 2 aromatic rings. The Morgan fingerprint density at radius 2 is 1.93 bits per heavy atom. The van der Waals surface area contributed by atoms with E-state index in [0.29, 0.717) is 12.8 Å². The van der Waals surface area contributed by atoms with Gasteiger partial charge in [-0.3, -0.25) is 9.59 Å². The average molecular weight is 375 g/mol. The minimum absolute atomic E-state index is 0.154. The normalized spacial score (nSPS) is 13.0. The van der Waals surface area contributed by atoms with Crippen molar-refractivity contribution < 1.29 is 23.9 Å². The van der Waals surface area contributed by atoms with E-state index in [9.17, 15) is 14.4 Å². The maximum absolute atomic E-state index is 12.4. The van der Waals surface area contributed by atoms with Crippen LogP contribution in [-0.2, 0) is 30.3 Å². The van der Waals surface area contributed by atoms with E-state index in [1.54, 1.807) is 0 Å². The highest BCUT2D eigenvalue weighted by atomic mass is 16.5. The van der Waals surface area contributed by atoms with Gasteiger partial charge in [-0.25, -0.2) is 4.79 Å². The van der Waals surface area contributed by atoms with Gasteiger partial charge in [-0.15, -0.1) is 0 Å². The van der Waals surface area contributed by atoms with Crippen molar-refractivity contribution in [2.75, 3.05) is 14.2 Å². The molecule has 0 radical (unpaired) electrons. The van der Waals surface area contributed by atoms with Gasteiger partial charge >= 0.3 is 11.9 Å². The Hall–Kier alpha value is -2.87. The van der Waals surface area contributed by atoms with Gasteiger partial charge in [-0.05, 0) is 30.9 Å². The molecule has 0 fully saturated rings. The number of amides is 1. The second-order valence-electron chi connectivity index (χ2n) is 6.22. The van der Waals surface area contributed by atoms with Gasteiger partial charge in [-0.1, -0.05) is 18.2 Å². The molecular weight excluding hydrogens is 350 g/mol. The van der Waals surface area contributed by atoms with Gasteiger partial charge in [0.25, 0.3) is 0 Å². The van der Waals surface area contributed by atoms with Crippen LogP contribution in [0.25, 0.3) is 10.9 Å². The molecule has 0 spiro atoms. The Morgan fingerprint density at radius 1 is 1.19 bits per heavy atom. The first-order valence-corrected chi connectivity index (χ1v) is 8.71. The van der Waals surface area contributed by atoms with E-state index in [-0.39, 0.29) is 18.8 Å². The van der Waals surface area contributed by atoms with E-state index in [2.05, 4.69) is 15.0 Å². The fourth-order valence-electron chi connectivity index (χ4n) is 2.85. The van der Waals surface area contributed by atoms with Crippen LogP contribution in [0.5, 0.6) is 0 Å². The molecule has 1 amide bonds. The molecular formula is C19H25N3O5. The van der Waals surface area contributed by atoms with Crippen molar-refractivity contribution in [3.63, 3.8) is 0 Å². The van der Waals surface area contributed by atoms with Crippen LogP contribution in [0.1, 0.15) is 24.8 Å². The number of ether oxygens (including phenoxy) is 2. The third-order valence-corrected chi connectivity index (χ3v) is 4.36. The first-order valence-electron chi connectivity index (χ1n) is 8.71. The molecule has 2 atom stereocenters. The maximum Gasteiger partial charge on any atom is 0.328 e. The Bertz CT molecular complexity index is 801. The third kappa shape index (κ3) is 5.55. The molecule has 0 saturated heterocycles. The van der Waals surface area contributed by atoms with Gasteiger partial charge in [0.2, 0.25) is 5.91 Å². The number of hydrogen-bond acceptors (Lipinski definition) is 6. The third-order valence-electron chi connectivity index (χ3n) is 4.36. The van der Waals surface area contributed by atoms with Crippen molar-refractivity contribution in [1.29, 1.82) is 0 Å². The summed E-state index contributed by atoms with van der Waals surface area (Å²) >= 11 is 0. The Kier molecular flexibility index (Phi) is 7.36. The minimum Gasteiger partial charge on any atom is -0.469 e. The lowest BCUT2D eigenvalue weighted by molar-refractivity contribution is -0.146. The van der Waals surface area contributed by atoms with Gasteiger partial charge in [0.15, 0.2) is 0 Å². The molecule has 1 aromatic carbocycles. The number of nitrogens with one attached hydrogen (secondary N) is 2. The predicted molar refractivity (Wildman–Crippen MR) is 99.8 cm³/mol. The number of aromatic nitrogens is 1. The Morgan fingerprint density at radius 3 is 2.63 bits per heavy atom. The van der Waals surface area contributed by atoms with E-state index in [4.69, 9.17) is 10.5 Å². The molecule has 0 saturated carbocycles. The quantitative estimate of drug-likeness (QED) is 0.563. The van der Waals surface area contributed by atoms with Crippen molar-refractivity contribution in [2.24, 2.45) is 5.73 Å². The summed E-state index contributed by atoms with van der Waals surface area (Å²) in [5.74, 6) is -1.40. The minimum atomic E-state index is -0.860. The number of aromatic amines is 1. The van der Waals surface area contributed by atoms with Crippen molar-refractivity contribution in [3.8, 4) is 0 Å². The largest absolute Gasteiger partial charge is 0.469 e. The number of carbonyl (C=O) groups excluding carboxylic acids is 3. The van der Waals surface area contributed by atoms with Crippen LogP contribution in [0.3, 0.4) is 0 Å². The summed E-state index contributed by atoms with van der Waals surface area (Å²) in [6.45, 7) is 0. The maximum atomic E-state index is 12.4. The Labute approximate surface area is 157 Å². The first kappa shape index (κ1) is 20.4. The topological polar surface area (TPSA) is 124 Å². The van der Waals surface area contributed by atoms with Crippen LogP contribution in [-0.4, -0.2) is 49.1 Å². The monoisotopic (exact) mass is 375 g/mol. The molecule has 0 aliphatic carbocycles. The number of rotatable bonds is 9. The number of fused-ring (bicyclic) bond motifs is 1. The van der Waals surface area contributed by atoms with Gasteiger partial charge in [0.1, 0.15) is 6.04 Å². The highest BCUT2D eigenvalue weighted by Gasteiger charge is 2.25. The molecule has 0 aliphatic rings. The number of nitrogens with two attached hydrogens (primary N) is 1. The number of para-hydroxylation sites is 1. The smallest absolute Gasteiger partial charge is 0.328 e. The fourth-order valence-corrected chi connectivity index (χ4v) is 2.85. The number of methoxy groups -OCH3 is 2. The van der Waals surface area contributed by atoms with E-state index < -0.39 is 24.0 Å². The van der Waals surface area contributed by atoms with Crippen LogP contribution in [0.15, 0.2) is 30.5 Å². The van der Waals surface area contributed by atoms with E-state index in [1.165, 1.54) is 14.2 Å². The SMILES string of the molecule is COC(=O)CCC[C@H](NC(=O)[C@@H](N)Cc1c[nH]c2ccccc12)C(=O)OC. The van der Waals surface area contributed by atoms with Crippen LogP contribution < -0.4 is 11.1 Å². The van der Waals surface area contributed by atoms with E-state index in [0.717, 1.165) is 16.5 Å². The Balaban J connectivity index is 1.96. The van der Waals surface area contributed by atoms with Crippen molar-refractivity contribution in [3.05, 3.63) is 36.0 Å². The molecule has 4 N–H and O–H groups in total. The zero-order valence-electron chi connectivity index (χ0n) is 15.5. The molecule has 0 unspecified atom stereocenters. The number of benzene rings is 1. The molecule has 2 rings (SSSR count). The fraction of sp³-hybridized carbons (Fsp3) is 0.421. The average Bonchev–Trinajstić information content (AvgIpc) is 3.09. The highest BCUT2D eigenvalue weighted by Crippen LogP contribution is 2.18. The molecule has 27 heavy (non-hydrogen) atoms. The lowest BCUT2D eigenvalue weighted by atomic mass is 10.0. The first-order chi connectivity index (χ1) is 13.0. The van der Waals surface area contributed by atoms with E-state index in [1.807, 2.05) is 30.5 Å². The summed E-state index contributed by atoms with van der Waals surface area (Å²) in [5.41, 5.74) is 7.93. The lowest BCUT2D eigenvalue weighted by Gasteiger charge is -2.19. The lowest BCUT2D eigenvalue weighted by Crippen LogP contribution is -2.49. The van der Waals surface area contributed by atoms with Gasteiger partial charge in [0.05, 0.1) is 20.3 Å². The molecule has 1 heterocycles. The number of hydrogen-bond donors (Lipinski definition) is 3. The molecule has 8 heteroatoms. The van der Waals surface area contributed by atoms with Crippen molar-refractivity contribution >= 4 is 28.7 Å². The summed E-state index contributed by atoms with van der Waals surface area (Å²) in [6.07, 6.45) is 2.94. The standard InChI is InChI=1S/C19H25N3O5/c1-26-17(23)9-5-8-16(19(25)27-2)22-18(24)14(20)10-12-11-21-15-7-4-3-6-13(12)15/h3-4,6-7,11,14,16,21H,5,8-10,20H2,1-2H3,(H,22,24)/t14-,16-/m0/s1. The summed E-state index contributed by atoms with van der Waals surface area (Å²) in [7, 11) is 2.54. The summed E-state index contributed by atoms with van der Waals surface area (Å²) in [6, 6.07) is 6.05. The summed E-state index contributed by atoms with van der Waals surface area (Å²) in [5, 5.41) is 3.62. The number of carbonyl (C=O) groups is 3. The van der Waals surface area contributed by atoms with Crippen LogP contribution in [0.2, 0.25) is 0 Å². The molecule has 146 valence electrons. The van der Waals surface area contributed by atoms with Crippen molar-refractivity contribution in [1.82, 2.24) is 10.3 Å². The zero-order valence-corrected chi connectivity index (χ0v) is 15.5. The van der Waals surface area contributed by atoms with Crippen LogP contribution in [0.4, 0.5) is 0 Å². The second kappa shape index (κ2) is 9.72. The van der Waals surface area contributed by atoms with Gasteiger partial charge < -0.3 is 25.5 Å². The zero-order chi connectivity index (χ0) is 19.8. The number of H-pyrrole nitrogens is 1. The van der Waals surface area contributed by atoms with Crippen LogP contribution >= 0.6 is 0 Å². The molecule has 0 aliphatic heterocycles. The molecule has 0 bridgehead atoms. The van der Waals surface area contributed by atoms with Gasteiger partial charge in [0, 0.05) is 23.5 Å². The molecule has 8 nitrogen and oxygen atoms in total. The summed E-state index contributed by atoms with van der Waals surface area (Å²) in [4.78, 5) is 38.7. The molecule has 1 aromatic heterocycles. The van der Waals surface area contributed by atoms with E-state index >= 15 is 0 Å². The number of esters is 2. The summed E-state index contributed by atoms with van der Waals surface area (Å²) < 4.78 is 9.29. The second-order valence-corrected chi connectivity index (χ2v) is 6.22. The van der Waals surface area contributed by atoms with Crippen molar-refractivity contribution in [2.45, 2.75) is 37.8 Å². The highest BCUT2D eigenvalue weighted by molar-refractivity contribution is 5.89. The predicted octanol–water partition coefficient (Wildman–Crippen LogP) is 1.04.